The molecule has 0 aromatic heterocycles. The first-order valence-corrected chi connectivity index (χ1v) is 10.5. The smallest absolute Gasteiger partial charge is 0.255 e. The summed E-state index contributed by atoms with van der Waals surface area (Å²) in [6, 6.07) is 5.10. The van der Waals surface area contributed by atoms with Crippen molar-refractivity contribution in [2.24, 2.45) is 5.92 Å². The van der Waals surface area contributed by atoms with Gasteiger partial charge in [0.15, 0.2) is 0 Å². The Morgan fingerprint density at radius 1 is 1.10 bits per heavy atom. The summed E-state index contributed by atoms with van der Waals surface area (Å²) in [5.74, 6) is -0.0388. The van der Waals surface area contributed by atoms with E-state index >= 15 is 0 Å². The number of fused-ring (bicyclic) bond motifs is 1. The standard InChI is InChI=1S/C22H27N3O4/c26-17(12-15-7-9-23-10-8-15)3-1-14-2-4-18-16(11-14)13-25(22(18)29)19-5-6-20(27)24-21(19)28/h2,4,11,15,19,23H,1,3,5-10,12-13H2,(H,24,27,28). The van der Waals surface area contributed by atoms with Gasteiger partial charge in [-0.3, -0.25) is 24.5 Å². The highest BCUT2D eigenvalue weighted by Gasteiger charge is 2.39. The second-order valence-electron chi connectivity index (χ2n) is 8.33. The van der Waals surface area contributed by atoms with Gasteiger partial charge in [0.2, 0.25) is 11.8 Å². The van der Waals surface area contributed by atoms with E-state index in [9.17, 15) is 19.2 Å². The Hall–Kier alpha value is -2.54. The molecular weight excluding hydrogens is 370 g/mol. The first-order chi connectivity index (χ1) is 14.0. The van der Waals surface area contributed by atoms with Crippen LogP contribution in [0.2, 0.25) is 0 Å². The zero-order valence-corrected chi connectivity index (χ0v) is 16.5. The van der Waals surface area contributed by atoms with E-state index in [2.05, 4.69) is 10.6 Å². The molecule has 7 nitrogen and oxygen atoms in total. The summed E-state index contributed by atoms with van der Waals surface area (Å²) >= 11 is 0. The van der Waals surface area contributed by atoms with Gasteiger partial charge in [0.05, 0.1) is 0 Å². The van der Waals surface area contributed by atoms with Crippen LogP contribution >= 0.6 is 0 Å². The number of imide groups is 1. The molecule has 2 N–H and O–H groups in total. The third-order valence-electron chi connectivity index (χ3n) is 6.26. The van der Waals surface area contributed by atoms with Crippen molar-refractivity contribution < 1.29 is 19.2 Å². The molecule has 4 rings (SSSR count). The van der Waals surface area contributed by atoms with E-state index in [0.29, 0.717) is 49.5 Å². The molecular formula is C22H27N3O4. The summed E-state index contributed by atoms with van der Waals surface area (Å²) in [5.41, 5.74) is 2.54. The van der Waals surface area contributed by atoms with Crippen LogP contribution in [0.1, 0.15) is 60.0 Å². The van der Waals surface area contributed by atoms with Crippen molar-refractivity contribution in [1.29, 1.82) is 0 Å². The number of rotatable bonds is 6. The maximum atomic E-state index is 12.7. The number of aryl methyl sites for hydroxylation is 1. The minimum Gasteiger partial charge on any atom is -0.322 e. The van der Waals surface area contributed by atoms with Crippen molar-refractivity contribution >= 4 is 23.5 Å². The monoisotopic (exact) mass is 397 g/mol. The van der Waals surface area contributed by atoms with E-state index in [1.54, 1.807) is 11.0 Å². The molecule has 1 unspecified atom stereocenters. The highest BCUT2D eigenvalue weighted by atomic mass is 16.2. The zero-order valence-electron chi connectivity index (χ0n) is 16.5. The SMILES string of the molecule is O=C(CCc1ccc2c(c1)CN(C1CCC(=O)NC1=O)C2=O)CC1CCNCC1. The summed E-state index contributed by atoms with van der Waals surface area (Å²) in [6.07, 6.45) is 4.61. The number of hydrogen-bond acceptors (Lipinski definition) is 5. The fourth-order valence-electron chi connectivity index (χ4n) is 4.58. The summed E-state index contributed by atoms with van der Waals surface area (Å²) in [5, 5.41) is 5.64. The van der Waals surface area contributed by atoms with E-state index in [1.165, 1.54) is 0 Å². The minimum absolute atomic E-state index is 0.164. The molecule has 0 saturated carbocycles. The lowest BCUT2D eigenvalue weighted by Crippen LogP contribution is -2.52. The minimum atomic E-state index is -0.595. The molecule has 7 heteroatoms. The number of hydrogen-bond donors (Lipinski definition) is 2. The lowest BCUT2D eigenvalue weighted by molar-refractivity contribution is -0.137. The van der Waals surface area contributed by atoms with E-state index in [0.717, 1.165) is 37.1 Å². The average Bonchev–Trinajstić information content (AvgIpc) is 3.03. The van der Waals surface area contributed by atoms with Gasteiger partial charge >= 0.3 is 0 Å². The van der Waals surface area contributed by atoms with Gasteiger partial charge in [0.25, 0.3) is 5.91 Å². The summed E-state index contributed by atoms with van der Waals surface area (Å²) < 4.78 is 0. The summed E-state index contributed by atoms with van der Waals surface area (Å²) in [7, 11) is 0. The van der Waals surface area contributed by atoms with E-state index in [4.69, 9.17) is 0 Å². The number of benzene rings is 1. The lowest BCUT2D eigenvalue weighted by atomic mass is 9.91. The molecule has 1 aromatic carbocycles. The van der Waals surface area contributed by atoms with Crippen LogP contribution in [-0.4, -0.2) is 47.5 Å². The topological polar surface area (TPSA) is 95.6 Å². The number of carbonyl (C=O) groups is 4. The van der Waals surface area contributed by atoms with Crippen molar-refractivity contribution in [1.82, 2.24) is 15.5 Å². The van der Waals surface area contributed by atoms with E-state index in [-0.39, 0.29) is 18.2 Å². The van der Waals surface area contributed by atoms with Gasteiger partial charge in [-0.1, -0.05) is 12.1 Å². The Labute approximate surface area is 170 Å². The molecule has 1 aromatic rings. The van der Waals surface area contributed by atoms with Gasteiger partial charge in [0.1, 0.15) is 11.8 Å². The van der Waals surface area contributed by atoms with E-state index < -0.39 is 11.9 Å². The van der Waals surface area contributed by atoms with Crippen molar-refractivity contribution in [3.8, 4) is 0 Å². The molecule has 2 saturated heterocycles. The Kier molecular flexibility index (Phi) is 5.76. The molecule has 0 aliphatic carbocycles. The van der Waals surface area contributed by atoms with Crippen molar-refractivity contribution in [2.75, 3.05) is 13.1 Å². The fraction of sp³-hybridized carbons (Fsp3) is 0.545. The number of nitrogens with one attached hydrogen (secondary N) is 2. The molecule has 3 aliphatic rings. The van der Waals surface area contributed by atoms with Gasteiger partial charge in [-0.2, -0.15) is 0 Å². The highest BCUT2D eigenvalue weighted by Crippen LogP contribution is 2.28. The Morgan fingerprint density at radius 2 is 1.90 bits per heavy atom. The maximum Gasteiger partial charge on any atom is 0.255 e. The molecule has 3 amide bonds. The van der Waals surface area contributed by atoms with Crippen molar-refractivity contribution in [3.63, 3.8) is 0 Å². The van der Waals surface area contributed by atoms with Crippen LogP contribution in [0, 0.1) is 5.92 Å². The second kappa shape index (κ2) is 8.45. The van der Waals surface area contributed by atoms with Gasteiger partial charge in [0, 0.05) is 31.4 Å². The number of nitrogens with zero attached hydrogens (tertiary/aromatic N) is 1. The molecule has 0 spiro atoms. The van der Waals surface area contributed by atoms with Gasteiger partial charge in [-0.05, 0) is 61.9 Å². The first-order valence-electron chi connectivity index (χ1n) is 10.5. The van der Waals surface area contributed by atoms with Crippen LogP contribution in [0.25, 0.3) is 0 Å². The average molecular weight is 397 g/mol. The lowest BCUT2D eigenvalue weighted by Gasteiger charge is -2.29. The third-order valence-corrected chi connectivity index (χ3v) is 6.26. The predicted molar refractivity (Wildman–Crippen MR) is 106 cm³/mol. The zero-order chi connectivity index (χ0) is 20.4. The largest absolute Gasteiger partial charge is 0.322 e. The van der Waals surface area contributed by atoms with Crippen LogP contribution in [0.3, 0.4) is 0 Å². The summed E-state index contributed by atoms with van der Waals surface area (Å²) in [4.78, 5) is 50.1. The van der Waals surface area contributed by atoms with Crippen LogP contribution in [0.4, 0.5) is 0 Å². The first kappa shape index (κ1) is 19.8. The van der Waals surface area contributed by atoms with Gasteiger partial charge in [-0.15, -0.1) is 0 Å². The number of amides is 3. The number of Topliss-reactive ketones (excluding diaryl/α,β-unsaturated/α-hetero) is 1. The van der Waals surface area contributed by atoms with Gasteiger partial charge in [-0.25, -0.2) is 0 Å². The number of carbonyl (C=O) groups excluding carboxylic acids is 4. The second-order valence-corrected chi connectivity index (χ2v) is 8.33. The highest BCUT2D eigenvalue weighted by molar-refractivity contribution is 6.05. The van der Waals surface area contributed by atoms with Crippen LogP contribution in [0.15, 0.2) is 18.2 Å². The Bertz CT molecular complexity index is 844. The van der Waals surface area contributed by atoms with Crippen LogP contribution in [-0.2, 0) is 27.3 Å². The molecule has 154 valence electrons. The molecule has 3 aliphatic heterocycles. The molecule has 1 atom stereocenters. The molecule has 0 bridgehead atoms. The van der Waals surface area contributed by atoms with Crippen molar-refractivity contribution in [2.45, 2.75) is 57.5 Å². The fourth-order valence-corrected chi connectivity index (χ4v) is 4.58. The Morgan fingerprint density at radius 3 is 2.66 bits per heavy atom. The number of ketones is 1. The van der Waals surface area contributed by atoms with E-state index in [1.807, 2.05) is 12.1 Å². The quantitative estimate of drug-likeness (QED) is 0.707. The molecule has 3 heterocycles. The van der Waals surface area contributed by atoms with Crippen LogP contribution in [0.5, 0.6) is 0 Å². The van der Waals surface area contributed by atoms with Gasteiger partial charge < -0.3 is 10.2 Å². The molecule has 29 heavy (non-hydrogen) atoms. The molecule has 2 fully saturated rings. The maximum absolute atomic E-state index is 12.7. The third kappa shape index (κ3) is 4.40. The molecule has 0 radical (unpaired) electrons. The predicted octanol–water partition coefficient (Wildman–Crippen LogP) is 1.34. The Balaban J connectivity index is 1.35. The normalized spacial score (nSPS) is 22.6. The number of piperidine rings is 2. The van der Waals surface area contributed by atoms with Crippen molar-refractivity contribution in [3.05, 3.63) is 34.9 Å². The summed E-state index contributed by atoms with van der Waals surface area (Å²) in [6.45, 7) is 2.37. The van der Waals surface area contributed by atoms with Crippen LogP contribution < -0.4 is 10.6 Å².